The zero-order chi connectivity index (χ0) is 16.0. The van der Waals surface area contributed by atoms with Crippen LogP contribution in [0.4, 0.5) is 11.5 Å². The highest BCUT2D eigenvalue weighted by Crippen LogP contribution is 2.24. The van der Waals surface area contributed by atoms with Crippen molar-refractivity contribution in [1.82, 2.24) is 4.98 Å². The first-order chi connectivity index (χ1) is 10.5. The van der Waals surface area contributed by atoms with E-state index in [0.29, 0.717) is 10.0 Å². The van der Waals surface area contributed by atoms with Gasteiger partial charge in [0.05, 0.1) is 11.9 Å². The molecule has 0 aliphatic rings. The average Bonchev–Trinajstić information content (AvgIpc) is 2.99. The van der Waals surface area contributed by atoms with Gasteiger partial charge in [0.15, 0.2) is 0 Å². The van der Waals surface area contributed by atoms with Crippen molar-refractivity contribution < 1.29 is 8.42 Å². The molecule has 2 aromatic heterocycles. The summed E-state index contributed by atoms with van der Waals surface area (Å²) in [4.78, 5) is 5.19. The second kappa shape index (κ2) is 7.60. The van der Waals surface area contributed by atoms with Gasteiger partial charge in [0.2, 0.25) is 0 Å². The summed E-state index contributed by atoms with van der Waals surface area (Å²) in [6.45, 7) is 5.02. The van der Waals surface area contributed by atoms with E-state index in [4.69, 9.17) is 0 Å². The minimum atomic E-state index is -3.55. The Kier molecular flexibility index (Phi) is 5.79. The van der Waals surface area contributed by atoms with Crippen molar-refractivity contribution in [3.8, 4) is 0 Å². The maximum Gasteiger partial charge on any atom is 0.272 e. The summed E-state index contributed by atoms with van der Waals surface area (Å²) < 4.78 is 27.4. The van der Waals surface area contributed by atoms with E-state index in [2.05, 4.69) is 21.9 Å². The van der Waals surface area contributed by atoms with Crippen LogP contribution in [0.2, 0.25) is 0 Å². The Bertz CT molecular complexity index is 694. The minimum Gasteiger partial charge on any atom is -0.384 e. The van der Waals surface area contributed by atoms with Crippen LogP contribution in [0.25, 0.3) is 0 Å². The standard InChI is InChI=1S/C15H21N3O2S2/c1-3-5-10-16-12-6-8-14(17-11-12)18-22(19,20)15-9-7-13(4-2)21-15/h6-9,11,16H,3-5,10H2,1-2H3,(H,17,18). The highest BCUT2D eigenvalue weighted by atomic mass is 32.2. The summed E-state index contributed by atoms with van der Waals surface area (Å²) in [6.07, 6.45) is 4.68. The summed E-state index contributed by atoms with van der Waals surface area (Å²) in [5.41, 5.74) is 0.890. The van der Waals surface area contributed by atoms with Gasteiger partial charge in [-0.2, -0.15) is 0 Å². The Morgan fingerprint density at radius 1 is 1.18 bits per heavy atom. The minimum absolute atomic E-state index is 0.316. The molecule has 0 amide bonds. The van der Waals surface area contributed by atoms with E-state index in [9.17, 15) is 8.42 Å². The molecule has 7 heteroatoms. The quantitative estimate of drug-likeness (QED) is 0.719. The zero-order valence-electron chi connectivity index (χ0n) is 12.8. The van der Waals surface area contributed by atoms with Crippen LogP contribution in [-0.2, 0) is 16.4 Å². The lowest BCUT2D eigenvalue weighted by molar-refractivity contribution is 0.603. The molecule has 5 nitrogen and oxygen atoms in total. The lowest BCUT2D eigenvalue weighted by Gasteiger charge is -2.08. The predicted octanol–water partition coefficient (Wildman–Crippen LogP) is 3.72. The third kappa shape index (κ3) is 4.45. The Labute approximate surface area is 135 Å². The molecule has 2 heterocycles. The van der Waals surface area contributed by atoms with Gasteiger partial charge in [0.1, 0.15) is 10.0 Å². The summed E-state index contributed by atoms with van der Waals surface area (Å²) in [6, 6.07) is 6.96. The molecule has 0 aromatic carbocycles. The second-order valence-electron chi connectivity index (χ2n) is 4.89. The first kappa shape index (κ1) is 16.8. The van der Waals surface area contributed by atoms with Crippen molar-refractivity contribution in [3.63, 3.8) is 0 Å². The molecular formula is C15H21N3O2S2. The van der Waals surface area contributed by atoms with Gasteiger partial charge in [0, 0.05) is 11.4 Å². The molecule has 0 atom stereocenters. The lowest BCUT2D eigenvalue weighted by Crippen LogP contribution is -2.12. The molecule has 2 N–H and O–H groups in total. The fraction of sp³-hybridized carbons (Fsp3) is 0.400. The van der Waals surface area contributed by atoms with E-state index in [0.717, 1.165) is 36.4 Å². The Balaban J connectivity index is 2.03. The number of anilines is 2. The van der Waals surface area contributed by atoms with Gasteiger partial charge in [0.25, 0.3) is 10.0 Å². The molecule has 0 saturated carbocycles. The monoisotopic (exact) mass is 339 g/mol. The van der Waals surface area contributed by atoms with E-state index < -0.39 is 10.0 Å². The number of sulfonamides is 1. The van der Waals surface area contributed by atoms with E-state index >= 15 is 0 Å². The molecule has 0 radical (unpaired) electrons. The highest BCUT2D eigenvalue weighted by Gasteiger charge is 2.17. The second-order valence-corrected chi connectivity index (χ2v) is 7.97. The van der Waals surface area contributed by atoms with Crippen LogP contribution in [0.5, 0.6) is 0 Å². The molecule has 22 heavy (non-hydrogen) atoms. The predicted molar refractivity (Wildman–Crippen MR) is 92.1 cm³/mol. The summed E-state index contributed by atoms with van der Waals surface area (Å²) in [5.74, 6) is 0.326. The number of nitrogens with one attached hydrogen (secondary N) is 2. The van der Waals surface area contributed by atoms with Gasteiger partial charge in [-0.1, -0.05) is 20.3 Å². The van der Waals surface area contributed by atoms with Crippen molar-refractivity contribution in [1.29, 1.82) is 0 Å². The van der Waals surface area contributed by atoms with Crippen molar-refractivity contribution in [2.45, 2.75) is 37.3 Å². The largest absolute Gasteiger partial charge is 0.384 e. The van der Waals surface area contributed by atoms with E-state index in [1.807, 2.05) is 19.1 Å². The third-order valence-corrected chi connectivity index (χ3v) is 6.19. The summed E-state index contributed by atoms with van der Waals surface area (Å²) in [5, 5.41) is 3.24. The number of thiophene rings is 1. The number of pyridine rings is 1. The van der Waals surface area contributed by atoms with E-state index in [1.165, 1.54) is 11.3 Å². The molecular weight excluding hydrogens is 318 g/mol. The molecule has 2 rings (SSSR count). The van der Waals surface area contributed by atoms with Crippen LogP contribution < -0.4 is 10.0 Å². The molecule has 0 aliphatic heterocycles. The van der Waals surface area contributed by atoms with Gasteiger partial charge in [-0.3, -0.25) is 4.72 Å². The van der Waals surface area contributed by atoms with Crippen LogP contribution in [-0.4, -0.2) is 19.9 Å². The Morgan fingerprint density at radius 3 is 2.59 bits per heavy atom. The highest BCUT2D eigenvalue weighted by molar-refractivity contribution is 7.94. The molecule has 0 unspecified atom stereocenters. The van der Waals surface area contributed by atoms with Crippen molar-refractivity contribution in [3.05, 3.63) is 35.3 Å². The lowest BCUT2D eigenvalue weighted by atomic mass is 10.3. The molecule has 2 aromatic rings. The number of rotatable bonds is 8. The van der Waals surface area contributed by atoms with Gasteiger partial charge >= 0.3 is 0 Å². The SMILES string of the molecule is CCCCNc1ccc(NS(=O)(=O)c2ccc(CC)s2)nc1. The van der Waals surface area contributed by atoms with Gasteiger partial charge in [-0.15, -0.1) is 11.3 Å². The summed E-state index contributed by atoms with van der Waals surface area (Å²) >= 11 is 1.29. The molecule has 0 spiro atoms. The summed E-state index contributed by atoms with van der Waals surface area (Å²) in [7, 11) is -3.55. The van der Waals surface area contributed by atoms with E-state index in [1.54, 1.807) is 18.3 Å². The number of aromatic nitrogens is 1. The van der Waals surface area contributed by atoms with Crippen LogP contribution >= 0.6 is 11.3 Å². The maximum atomic E-state index is 12.3. The van der Waals surface area contributed by atoms with Gasteiger partial charge in [-0.25, -0.2) is 13.4 Å². The first-order valence-electron chi connectivity index (χ1n) is 7.36. The molecule has 120 valence electrons. The van der Waals surface area contributed by atoms with Crippen molar-refractivity contribution >= 4 is 32.9 Å². The zero-order valence-corrected chi connectivity index (χ0v) is 14.4. The van der Waals surface area contributed by atoms with Gasteiger partial charge in [-0.05, 0) is 37.1 Å². The molecule has 0 saturated heterocycles. The van der Waals surface area contributed by atoms with E-state index in [-0.39, 0.29) is 0 Å². The van der Waals surface area contributed by atoms with Crippen molar-refractivity contribution in [2.24, 2.45) is 0 Å². The number of hydrogen-bond acceptors (Lipinski definition) is 5. The van der Waals surface area contributed by atoms with Crippen LogP contribution in [0.3, 0.4) is 0 Å². The smallest absolute Gasteiger partial charge is 0.272 e. The molecule has 0 bridgehead atoms. The number of nitrogens with zero attached hydrogens (tertiary/aromatic N) is 1. The fourth-order valence-electron chi connectivity index (χ4n) is 1.85. The Hall–Kier alpha value is -1.60. The number of aryl methyl sites for hydroxylation is 1. The number of hydrogen-bond donors (Lipinski definition) is 2. The topological polar surface area (TPSA) is 71.1 Å². The third-order valence-electron chi connectivity index (χ3n) is 3.11. The maximum absolute atomic E-state index is 12.3. The Morgan fingerprint density at radius 2 is 2.00 bits per heavy atom. The molecule has 0 aliphatic carbocycles. The van der Waals surface area contributed by atoms with Crippen LogP contribution in [0, 0.1) is 0 Å². The average molecular weight is 339 g/mol. The number of unbranched alkanes of at least 4 members (excludes halogenated alkanes) is 1. The van der Waals surface area contributed by atoms with Crippen molar-refractivity contribution in [2.75, 3.05) is 16.6 Å². The van der Waals surface area contributed by atoms with Crippen LogP contribution in [0.1, 0.15) is 31.6 Å². The van der Waals surface area contributed by atoms with Gasteiger partial charge < -0.3 is 5.32 Å². The fourth-order valence-corrected chi connectivity index (χ4v) is 4.15. The molecule has 0 fully saturated rings. The first-order valence-corrected chi connectivity index (χ1v) is 9.66. The van der Waals surface area contributed by atoms with Crippen LogP contribution in [0.15, 0.2) is 34.7 Å². The normalized spacial score (nSPS) is 11.4.